The second kappa shape index (κ2) is 8.20. The summed E-state index contributed by atoms with van der Waals surface area (Å²) in [5, 5.41) is 11.4. The molecule has 94 valence electrons. The Balaban J connectivity index is 0.00000106. The fraction of sp³-hybridized carbons (Fsp3) is 0.800. The Hall–Kier alpha value is -0.980. The quantitative estimate of drug-likeness (QED) is 0.602. The van der Waals surface area contributed by atoms with Crippen molar-refractivity contribution in [2.45, 2.75) is 39.0 Å². The Kier molecular flexibility index (Phi) is 7.70. The molecule has 0 amide bonds. The zero-order chi connectivity index (χ0) is 12.6. The van der Waals surface area contributed by atoms with Crippen LogP contribution in [0.4, 0.5) is 0 Å². The standard InChI is InChI=1S/C8H14N2O4.C2H6/c9-6(8(12)13)3-5(11)4-7-10-1-2-14-7;1-2/h6-7,10H,1-4,9H2,(H,12,13);1-2H3. The lowest BCUT2D eigenvalue weighted by Crippen LogP contribution is -2.34. The van der Waals surface area contributed by atoms with Crippen molar-refractivity contribution in [2.75, 3.05) is 13.2 Å². The van der Waals surface area contributed by atoms with Crippen LogP contribution in [-0.4, -0.2) is 42.3 Å². The first-order chi connectivity index (χ1) is 7.59. The highest BCUT2D eigenvalue weighted by Crippen LogP contribution is 2.04. The number of hydrogen-bond donors (Lipinski definition) is 3. The van der Waals surface area contributed by atoms with Gasteiger partial charge in [0.2, 0.25) is 0 Å². The number of nitrogens with two attached hydrogens (primary N) is 1. The van der Waals surface area contributed by atoms with Gasteiger partial charge >= 0.3 is 5.97 Å². The maximum absolute atomic E-state index is 11.3. The fourth-order valence-electron chi connectivity index (χ4n) is 1.23. The lowest BCUT2D eigenvalue weighted by atomic mass is 10.1. The van der Waals surface area contributed by atoms with Gasteiger partial charge in [0, 0.05) is 19.4 Å². The van der Waals surface area contributed by atoms with Gasteiger partial charge in [-0.2, -0.15) is 0 Å². The van der Waals surface area contributed by atoms with E-state index in [0.717, 1.165) is 6.54 Å². The van der Waals surface area contributed by atoms with Crippen LogP contribution >= 0.6 is 0 Å². The third-order valence-electron chi connectivity index (χ3n) is 1.97. The highest BCUT2D eigenvalue weighted by Gasteiger charge is 2.21. The monoisotopic (exact) mass is 232 g/mol. The number of ketones is 1. The van der Waals surface area contributed by atoms with E-state index in [2.05, 4.69) is 5.32 Å². The van der Waals surface area contributed by atoms with E-state index >= 15 is 0 Å². The van der Waals surface area contributed by atoms with Gasteiger partial charge in [-0.05, 0) is 0 Å². The van der Waals surface area contributed by atoms with Crippen molar-refractivity contribution in [3.8, 4) is 0 Å². The summed E-state index contributed by atoms with van der Waals surface area (Å²) in [6.45, 7) is 5.31. The number of carboxylic acids is 1. The molecule has 1 rings (SSSR count). The number of ether oxygens (including phenoxy) is 1. The van der Waals surface area contributed by atoms with Crippen LogP contribution in [0, 0.1) is 0 Å². The van der Waals surface area contributed by atoms with Crippen molar-refractivity contribution in [3.63, 3.8) is 0 Å². The third-order valence-corrected chi connectivity index (χ3v) is 1.97. The van der Waals surface area contributed by atoms with Gasteiger partial charge in [-0.1, -0.05) is 13.8 Å². The zero-order valence-corrected chi connectivity index (χ0v) is 9.73. The largest absolute Gasteiger partial charge is 0.480 e. The first kappa shape index (κ1) is 15.0. The third kappa shape index (κ3) is 5.79. The maximum atomic E-state index is 11.3. The molecule has 6 nitrogen and oxygen atoms in total. The van der Waals surface area contributed by atoms with E-state index in [4.69, 9.17) is 15.6 Å². The van der Waals surface area contributed by atoms with Crippen LogP contribution in [0.25, 0.3) is 0 Å². The molecule has 1 saturated heterocycles. The molecule has 0 spiro atoms. The minimum Gasteiger partial charge on any atom is -0.480 e. The van der Waals surface area contributed by atoms with Crippen molar-refractivity contribution in [3.05, 3.63) is 0 Å². The van der Waals surface area contributed by atoms with E-state index in [1.165, 1.54) is 0 Å². The molecule has 1 fully saturated rings. The van der Waals surface area contributed by atoms with Gasteiger partial charge in [0.05, 0.1) is 6.61 Å². The molecule has 2 atom stereocenters. The van der Waals surface area contributed by atoms with E-state index in [1.807, 2.05) is 13.8 Å². The Morgan fingerprint density at radius 2 is 2.19 bits per heavy atom. The molecule has 1 aliphatic rings. The van der Waals surface area contributed by atoms with Crippen molar-refractivity contribution in [2.24, 2.45) is 5.73 Å². The van der Waals surface area contributed by atoms with E-state index in [0.29, 0.717) is 6.61 Å². The first-order valence-electron chi connectivity index (χ1n) is 5.44. The van der Waals surface area contributed by atoms with E-state index in [-0.39, 0.29) is 24.9 Å². The van der Waals surface area contributed by atoms with Gasteiger partial charge in [-0.15, -0.1) is 0 Å². The molecule has 0 aromatic carbocycles. The lowest BCUT2D eigenvalue weighted by Gasteiger charge is -2.10. The summed E-state index contributed by atoms with van der Waals surface area (Å²) in [4.78, 5) is 21.6. The number of hydrogen-bond acceptors (Lipinski definition) is 5. The minimum atomic E-state index is -1.15. The van der Waals surface area contributed by atoms with E-state index < -0.39 is 12.0 Å². The van der Waals surface area contributed by atoms with Gasteiger partial charge in [0.1, 0.15) is 18.1 Å². The molecule has 0 aromatic heterocycles. The molecular weight excluding hydrogens is 212 g/mol. The van der Waals surface area contributed by atoms with Crippen LogP contribution in [0.2, 0.25) is 0 Å². The van der Waals surface area contributed by atoms with Gasteiger partial charge in [-0.3, -0.25) is 14.9 Å². The average Bonchev–Trinajstić information content (AvgIpc) is 2.73. The van der Waals surface area contributed by atoms with E-state index in [1.54, 1.807) is 0 Å². The molecule has 0 aliphatic carbocycles. The number of aliphatic carboxylic acids is 1. The molecule has 0 bridgehead atoms. The SMILES string of the molecule is CC.NC(CC(=O)CC1NCCO1)C(=O)O. The van der Waals surface area contributed by atoms with Gasteiger partial charge < -0.3 is 15.6 Å². The summed E-state index contributed by atoms with van der Waals surface area (Å²) >= 11 is 0. The molecule has 1 aliphatic heterocycles. The number of carbonyl (C=O) groups excluding carboxylic acids is 1. The summed E-state index contributed by atoms with van der Waals surface area (Å²) in [6.07, 6.45) is -0.235. The number of rotatable bonds is 5. The van der Waals surface area contributed by atoms with Gasteiger partial charge in [-0.25, -0.2) is 0 Å². The number of carboxylic acid groups (broad SMARTS) is 1. The number of Topliss-reactive ketones (excluding diaryl/α,β-unsaturated/α-hetero) is 1. The highest BCUT2D eigenvalue weighted by molar-refractivity contribution is 5.85. The number of nitrogens with one attached hydrogen (secondary N) is 1. The van der Waals surface area contributed by atoms with Crippen molar-refractivity contribution < 1.29 is 19.4 Å². The Morgan fingerprint density at radius 1 is 1.56 bits per heavy atom. The summed E-state index contributed by atoms with van der Waals surface area (Å²) < 4.78 is 5.15. The molecule has 1 heterocycles. The molecule has 0 aromatic rings. The molecule has 6 heteroatoms. The van der Waals surface area contributed by atoms with Crippen LogP contribution in [0.15, 0.2) is 0 Å². The Morgan fingerprint density at radius 3 is 2.62 bits per heavy atom. The molecule has 2 unspecified atom stereocenters. The summed E-state index contributed by atoms with van der Waals surface area (Å²) in [5.41, 5.74) is 5.21. The predicted molar refractivity (Wildman–Crippen MR) is 58.9 cm³/mol. The minimum absolute atomic E-state index is 0.142. The van der Waals surface area contributed by atoms with E-state index in [9.17, 15) is 9.59 Å². The molecule has 0 radical (unpaired) electrons. The maximum Gasteiger partial charge on any atom is 0.320 e. The van der Waals surface area contributed by atoms with Crippen LogP contribution in [0.5, 0.6) is 0 Å². The summed E-state index contributed by atoms with van der Waals surface area (Å²) in [5.74, 6) is -1.35. The fourth-order valence-corrected chi connectivity index (χ4v) is 1.23. The van der Waals surface area contributed by atoms with Crippen LogP contribution in [-0.2, 0) is 14.3 Å². The summed E-state index contributed by atoms with van der Waals surface area (Å²) in [7, 11) is 0. The topological polar surface area (TPSA) is 102 Å². The highest BCUT2D eigenvalue weighted by atomic mass is 16.5. The first-order valence-corrected chi connectivity index (χ1v) is 5.44. The normalized spacial score (nSPS) is 20.8. The molecule has 4 N–H and O–H groups in total. The lowest BCUT2D eigenvalue weighted by molar-refractivity contribution is -0.140. The molecule has 16 heavy (non-hydrogen) atoms. The van der Waals surface area contributed by atoms with Crippen molar-refractivity contribution >= 4 is 11.8 Å². The Bertz CT molecular complexity index is 227. The predicted octanol–water partition coefficient (Wildman–Crippen LogP) is -0.280. The Labute approximate surface area is 95.1 Å². The zero-order valence-electron chi connectivity index (χ0n) is 9.73. The van der Waals surface area contributed by atoms with Gasteiger partial charge in [0.15, 0.2) is 0 Å². The summed E-state index contributed by atoms with van der Waals surface area (Å²) in [6, 6.07) is -1.11. The van der Waals surface area contributed by atoms with Crippen LogP contribution in [0.1, 0.15) is 26.7 Å². The smallest absolute Gasteiger partial charge is 0.320 e. The second-order valence-corrected chi connectivity index (χ2v) is 3.21. The van der Waals surface area contributed by atoms with Crippen molar-refractivity contribution in [1.82, 2.24) is 5.32 Å². The second-order valence-electron chi connectivity index (χ2n) is 3.21. The van der Waals surface area contributed by atoms with Crippen LogP contribution in [0.3, 0.4) is 0 Å². The average molecular weight is 232 g/mol. The van der Waals surface area contributed by atoms with Crippen LogP contribution < -0.4 is 11.1 Å². The molecular formula is C10H20N2O4. The number of carbonyl (C=O) groups is 2. The van der Waals surface area contributed by atoms with Crippen molar-refractivity contribution in [1.29, 1.82) is 0 Å². The molecule has 0 saturated carbocycles. The van der Waals surface area contributed by atoms with Gasteiger partial charge in [0.25, 0.3) is 0 Å².